The Labute approximate surface area is 259 Å². The van der Waals surface area contributed by atoms with E-state index in [0.717, 1.165) is 22.3 Å². The van der Waals surface area contributed by atoms with Crippen molar-refractivity contribution in [2.75, 3.05) is 13.2 Å². The summed E-state index contributed by atoms with van der Waals surface area (Å²) < 4.78 is 38.5. The van der Waals surface area contributed by atoms with Crippen molar-refractivity contribution in [3.8, 4) is 0 Å². The Morgan fingerprint density at radius 2 is 0.955 bits per heavy atom. The lowest BCUT2D eigenvalue weighted by Gasteiger charge is -2.45. The molecule has 1 saturated heterocycles. The molecule has 5 rings (SSSR count). The number of Topliss-reactive ketones (excluding diaryl/α,β-unsaturated/α-hetero) is 1. The van der Waals surface area contributed by atoms with Gasteiger partial charge in [0, 0.05) is 0 Å². The molecule has 0 N–H and O–H groups in total. The van der Waals surface area contributed by atoms with E-state index in [4.69, 9.17) is 28.4 Å². The molecule has 0 radical (unpaired) electrons. The van der Waals surface area contributed by atoms with E-state index in [2.05, 4.69) is 0 Å². The molecule has 0 spiro atoms. The lowest BCUT2D eigenvalue weighted by atomic mass is 9.97. The molecule has 7 heteroatoms. The molecule has 0 amide bonds. The van der Waals surface area contributed by atoms with Crippen LogP contribution in [0, 0.1) is 0 Å². The molecule has 1 aliphatic rings. The van der Waals surface area contributed by atoms with E-state index >= 15 is 0 Å². The minimum absolute atomic E-state index is 0.114. The summed E-state index contributed by atoms with van der Waals surface area (Å²) in [6.45, 7) is 2.99. The predicted molar refractivity (Wildman–Crippen MR) is 166 cm³/mol. The summed E-state index contributed by atoms with van der Waals surface area (Å²) >= 11 is 0. The zero-order chi connectivity index (χ0) is 30.4. The predicted octanol–water partition coefficient (Wildman–Crippen LogP) is 6.29. The standard InChI is InChI=1S/C37H40O7/c1-28(38)22-43-37-36(42-26-32-20-12-5-13-21-32)35(41-25-31-18-10-4-11-19-31)34(40-24-30-16-8-3-9-17-30)33(44-37)27-39-23-29-14-6-2-7-15-29/h2-21,33-37H,22-27H2,1H3/t33-,34-,35+,36+,37+/m1/s1. The summed E-state index contributed by atoms with van der Waals surface area (Å²) in [4.78, 5) is 12.0. The maximum Gasteiger partial charge on any atom is 0.187 e. The normalized spacial score (nSPS) is 21.6. The number of benzene rings is 4. The van der Waals surface area contributed by atoms with E-state index in [9.17, 15) is 4.79 Å². The lowest BCUT2D eigenvalue weighted by Crippen LogP contribution is -2.62. The zero-order valence-corrected chi connectivity index (χ0v) is 25.0. The van der Waals surface area contributed by atoms with Gasteiger partial charge in [-0.25, -0.2) is 0 Å². The van der Waals surface area contributed by atoms with Crippen molar-refractivity contribution < 1.29 is 33.2 Å². The van der Waals surface area contributed by atoms with Gasteiger partial charge in [0.25, 0.3) is 0 Å². The van der Waals surface area contributed by atoms with Gasteiger partial charge in [0.1, 0.15) is 31.0 Å². The average molecular weight is 597 g/mol. The van der Waals surface area contributed by atoms with Crippen molar-refractivity contribution in [1.29, 1.82) is 0 Å². The second-order valence-corrected chi connectivity index (χ2v) is 10.8. The van der Waals surface area contributed by atoms with Crippen molar-refractivity contribution in [3.05, 3.63) is 144 Å². The fourth-order valence-corrected chi connectivity index (χ4v) is 5.08. The van der Waals surface area contributed by atoms with Crippen LogP contribution in [0.25, 0.3) is 0 Å². The Bertz CT molecular complexity index is 1370. The molecule has 0 saturated carbocycles. The maximum absolute atomic E-state index is 12.0. The summed E-state index contributed by atoms with van der Waals surface area (Å²) in [5.41, 5.74) is 4.08. The monoisotopic (exact) mass is 596 g/mol. The van der Waals surface area contributed by atoms with E-state index in [1.54, 1.807) is 0 Å². The number of rotatable bonds is 16. The Kier molecular flexibility index (Phi) is 12.2. The van der Waals surface area contributed by atoms with Gasteiger partial charge in [-0.1, -0.05) is 121 Å². The number of ketones is 1. The quantitative estimate of drug-likeness (QED) is 0.151. The Hall–Kier alpha value is -3.69. The third-order valence-electron chi connectivity index (χ3n) is 7.29. The first-order valence-electron chi connectivity index (χ1n) is 15.0. The van der Waals surface area contributed by atoms with Crippen molar-refractivity contribution >= 4 is 5.78 Å². The highest BCUT2D eigenvalue weighted by Crippen LogP contribution is 2.31. The van der Waals surface area contributed by atoms with Crippen molar-refractivity contribution in [2.45, 2.75) is 64.1 Å². The Morgan fingerprint density at radius 3 is 1.41 bits per heavy atom. The molecule has 44 heavy (non-hydrogen) atoms. The first-order valence-corrected chi connectivity index (χ1v) is 15.0. The molecule has 0 bridgehead atoms. The summed E-state index contributed by atoms with van der Waals surface area (Å²) in [6.07, 6.45) is -3.29. The Balaban J connectivity index is 1.42. The number of ether oxygens (including phenoxy) is 6. The van der Waals surface area contributed by atoms with Crippen molar-refractivity contribution in [3.63, 3.8) is 0 Å². The van der Waals surface area contributed by atoms with E-state index < -0.39 is 30.7 Å². The van der Waals surface area contributed by atoms with Gasteiger partial charge in [0.2, 0.25) is 0 Å². The largest absolute Gasteiger partial charge is 0.374 e. The minimum atomic E-state index is -0.884. The third kappa shape index (κ3) is 9.66. The molecular weight excluding hydrogens is 556 g/mol. The van der Waals surface area contributed by atoms with E-state index in [1.165, 1.54) is 6.92 Å². The topological polar surface area (TPSA) is 72.5 Å². The molecule has 0 aromatic heterocycles. The molecular formula is C37H40O7. The van der Waals surface area contributed by atoms with Gasteiger partial charge in [-0.2, -0.15) is 0 Å². The molecule has 4 aromatic carbocycles. The zero-order valence-electron chi connectivity index (χ0n) is 25.0. The smallest absolute Gasteiger partial charge is 0.187 e. The summed E-state index contributed by atoms with van der Waals surface area (Å²) in [5, 5.41) is 0. The molecule has 4 aromatic rings. The van der Waals surface area contributed by atoms with Crippen LogP contribution >= 0.6 is 0 Å². The van der Waals surface area contributed by atoms with Crippen molar-refractivity contribution in [2.24, 2.45) is 0 Å². The van der Waals surface area contributed by atoms with Crippen LogP contribution in [0.15, 0.2) is 121 Å². The second-order valence-electron chi connectivity index (χ2n) is 10.8. The molecule has 1 fully saturated rings. The van der Waals surface area contributed by atoms with Crippen molar-refractivity contribution in [1.82, 2.24) is 0 Å². The number of hydrogen-bond acceptors (Lipinski definition) is 7. The van der Waals surface area contributed by atoms with Crippen LogP contribution in [0.1, 0.15) is 29.2 Å². The van der Waals surface area contributed by atoms with Crippen LogP contribution in [0.4, 0.5) is 0 Å². The van der Waals surface area contributed by atoms with Crippen LogP contribution < -0.4 is 0 Å². The summed E-state index contributed by atoms with van der Waals surface area (Å²) in [5.74, 6) is -0.114. The number of hydrogen-bond donors (Lipinski definition) is 0. The molecule has 230 valence electrons. The van der Waals surface area contributed by atoms with Crippen LogP contribution in [0.3, 0.4) is 0 Å². The van der Waals surface area contributed by atoms with Gasteiger partial charge in [0.15, 0.2) is 12.1 Å². The molecule has 1 aliphatic heterocycles. The number of carbonyl (C=O) groups is 1. The van der Waals surface area contributed by atoms with E-state index in [0.29, 0.717) is 26.4 Å². The summed E-state index contributed by atoms with van der Waals surface area (Å²) in [7, 11) is 0. The van der Waals surface area contributed by atoms with Crippen LogP contribution in [0.2, 0.25) is 0 Å². The molecule has 5 atom stereocenters. The molecule has 0 aliphatic carbocycles. The highest BCUT2D eigenvalue weighted by atomic mass is 16.7. The average Bonchev–Trinajstić information content (AvgIpc) is 3.07. The molecule has 1 heterocycles. The van der Waals surface area contributed by atoms with Crippen LogP contribution in [-0.2, 0) is 59.6 Å². The lowest BCUT2D eigenvalue weighted by molar-refractivity contribution is -0.326. The third-order valence-corrected chi connectivity index (χ3v) is 7.29. The van der Waals surface area contributed by atoms with Gasteiger partial charge in [0.05, 0.1) is 33.0 Å². The van der Waals surface area contributed by atoms with Crippen LogP contribution in [0.5, 0.6) is 0 Å². The van der Waals surface area contributed by atoms with E-state index in [1.807, 2.05) is 121 Å². The van der Waals surface area contributed by atoms with Gasteiger partial charge in [-0.3, -0.25) is 4.79 Å². The van der Waals surface area contributed by atoms with E-state index in [-0.39, 0.29) is 19.0 Å². The molecule has 7 nitrogen and oxygen atoms in total. The first-order chi connectivity index (χ1) is 21.7. The van der Waals surface area contributed by atoms with Gasteiger partial charge >= 0.3 is 0 Å². The number of carbonyl (C=O) groups excluding carboxylic acids is 1. The highest BCUT2D eigenvalue weighted by molar-refractivity contribution is 5.76. The summed E-state index contributed by atoms with van der Waals surface area (Å²) in [6, 6.07) is 39.8. The first kappa shape index (κ1) is 31.7. The Morgan fingerprint density at radius 1 is 0.545 bits per heavy atom. The second kappa shape index (κ2) is 17.0. The minimum Gasteiger partial charge on any atom is -0.374 e. The van der Waals surface area contributed by atoms with Gasteiger partial charge < -0.3 is 28.4 Å². The fourth-order valence-electron chi connectivity index (χ4n) is 5.08. The maximum atomic E-state index is 12.0. The van der Waals surface area contributed by atoms with Crippen LogP contribution in [-0.4, -0.2) is 49.7 Å². The SMILES string of the molecule is CC(=O)CO[C@H]1O[C@H](COCc2ccccc2)[C@@H](OCc2ccccc2)[C@H](OCc2ccccc2)[C@@H]1OCc1ccccc1. The van der Waals surface area contributed by atoms with Gasteiger partial charge in [-0.15, -0.1) is 0 Å². The fraction of sp³-hybridized carbons (Fsp3) is 0.324. The highest BCUT2D eigenvalue weighted by Gasteiger charge is 2.49. The molecule has 0 unspecified atom stereocenters. The van der Waals surface area contributed by atoms with Gasteiger partial charge in [-0.05, 0) is 29.2 Å².